The number of thiazole rings is 1. The van der Waals surface area contributed by atoms with Crippen LogP contribution in [0.4, 0.5) is 10.1 Å². The number of methoxy groups -OCH3 is 1. The van der Waals surface area contributed by atoms with Gasteiger partial charge in [0.15, 0.2) is 18.1 Å². The first-order chi connectivity index (χ1) is 18.7. The number of imide groups is 1. The molecule has 0 spiro atoms. The van der Waals surface area contributed by atoms with Gasteiger partial charge in [0.1, 0.15) is 17.6 Å². The van der Waals surface area contributed by atoms with E-state index in [1.54, 1.807) is 18.2 Å². The summed E-state index contributed by atoms with van der Waals surface area (Å²) in [7, 11) is 1.39. The van der Waals surface area contributed by atoms with Gasteiger partial charge in [0.2, 0.25) is 11.8 Å². The van der Waals surface area contributed by atoms with E-state index in [0.717, 1.165) is 28.0 Å². The van der Waals surface area contributed by atoms with Crippen molar-refractivity contribution >= 4 is 52.5 Å². The number of hydrogen-bond donors (Lipinski definition) is 3. The van der Waals surface area contributed by atoms with Crippen LogP contribution in [0.5, 0.6) is 11.5 Å². The van der Waals surface area contributed by atoms with Gasteiger partial charge in [-0.2, -0.15) is 0 Å². The number of carbonyl (C=O) groups excluding carboxylic acids is 3. The Morgan fingerprint density at radius 1 is 1.10 bits per heavy atom. The SMILES string of the molecule is COc1cc([C@@H]2c3sc(=O)[nH]c3SC3C(=O)N(CC(=O)O)C(=O)C32)ccc1OCC(=O)Nc1ccc(F)cc1. The Hall–Kier alpha value is -4.17. The smallest absolute Gasteiger partial charge is 0.323 e. The molecule has 1 aromatic heterocycles. The number of fused-ring (bicyclic) bond motifs is 2. The lowest BCUT2D eigenvalue weighted by Crippen LogP contribution is -2.36. The summed E-state index contributed by atoms with van der Waals surface area (Å²) >= 11 is 1.96. The number of amides is 3. The maximum atomic E-state index is 13.3. The fourth-order valence-corrected chi connectivity index (χ4v) is 7.13. The van der Waals surface area contributed by atoms with Crippen LogP contribution in [0.15, 0.2) is 52.3 Å². The second-order valence-electron chi connectivity index (χ2n) is 8.66. The molecule has 3 N–H and O–H groups in total. The van der Waals surface area contributed by atoms with Crippen LogP contribution >= 0.6 is 23.1 Å². The van der Waals surface area contributed by atoms with Crippen LogP contribution in [0.2, 0.25) is 0 Å². The maximum absolute atomic E-state index is 13.3. The molecule has 2 unspecified atom stereocenters. The Labute approximate surface area is 227 Å². The number of aliphatic carboxylic acids is 1. The summed E-state index contributed by atoms with van der Waals surface area (Å²) in [6, 6.07) is 10.0. The van der Waals surface area contributed by atoms with Gasteiger partial charge in [-0.1, -0.05) is 29.2 Å². The molecule has 0 saturated carbocycles. The number of rotatable bonds is 8. The van der Waals surface area contributed by atoms with Gasteiger partial charge >= 0.3 is 10.8 Å². The standard InChI is InChI=1S/C25H20FN3O8S2/c1-36-15-8-11(2-7-14(15)37-10-16(30)27-13-5-3-12(26)4-6-13)18-19-21(38-22-20(18)39-25(35)28-22)24(34)29(23(19)33)9-17(31)32/h2-8,18-19,21H,9-10H2,1H3,(H,27,30)(H,28,35)(H,31,32)/t18-,19?,21?/m0/s1. The van der Waals surface area contributed by atoms with Crippen LogP contribution in [0.3, 0.4) is 0 Å². The number of nitrogens with one attached hydrogen (secondary N) is 2. The lowest BCUT2D eigenvalue weighted by Gasteiger charge is -2.30. The largest absolute Gasteiger partial charge is 0.493 e. The van der Waals surface area contributed by atoms with Crippen molar-refractivity contribution in [3.8, 4) is 11.5 Å². The molecule has 3 amide bonds. The Morgan fingerprint density at radius 3 is 2.54 bits per heavy atom. The number of nitrogens with zero attached hydrogens (tertiary/aromatic N) is 1. The quantitative estimate of drug-likeness (QED) is 0.344. The topological polar surface area (TPSA) is 155 Å². The van der Waals surface area contributed by atoms with E-state index in [1.165, 1.54) is 31.4 Å². The molecule has 2 aromatic carbocycles. The molecule has 11 nitrogen and oxygen atoms in total. The number of hydrogen-bond acceptors (Lipinski definition) is 9. The zero-order chi connectivity index (χ0) is 27.8. The van der Waals surface area contributed by atoms with E-state index in [2.05, 4.69) is 10.3 Å². The number of ether oxygens (including phenoxy) is 2. The minimum atomic E-state index is -1.31. The van der Waals surface area contributed by atoms with Crippen LogP contribution < -0.4 is 19.7 Å². The number of benzene rings is 2. The zero-order valence-corrected chi connectivity index (χ0v) is 21.8. The highest BCUT2D eigenvalue weighted by atomic mass is 32.2. The molecule has 202 valence electrons. The van der Waals surface area contributed by atoms with Crippen LogP contribution in [0, 0.1) is 11.7 Å². The third kappa shape index (κ3) is 5.12. The van der Waals surface area contributed by atoms with Crippen LogP contribution in [0.25, 0.3) is 0 Å². The average Bonchev–Trinajstić information content (AvgIpc) is 3.39. The fourth-order valence-electron chi connectivity index (χ4n) is 4.59. The van der Waals surface area contributed by atoms with Crippen molar-refractivity contribution in [2.75, 3.05) is 25.6 Å². The number of halogens is 1. The fraction of sp³-hybridized carbons (Fsp3) is 0.240. The highest BCUT2D eigenvalue weighted by molar-refractivity contribution is 8.00. The predicted molar refractivity (Wildman–Crippen MR) is 138 cm³/mol. The number of carbonyl (C=O) groups is 4. The molecule has 2 aliphatic heterocycles. The number of aromatic amines is 1. The molecule has 39 heavy (non-hydrogen) atoms. The Morgan fingerprint density at radius 2 is 1.85 bits per heavy atom. The number of carboxylic acids is 1. The predicted octanol–water partition coefficient (Wildman–Crippen LogP) is 2.28. The number of carboxylic acid groups (broad SMARTS) is 1. The van der Waals surface area contributed by atoms with Gasteiger partial charge in [-0.05, 0) is 42.0 Å². The molecule has 2 aliphatic rings. The molecule has 0 bridgehead atoms. The molecular formula is C25H20FN3O8S2. The van der Waals surface area contributed by atoms with E-state index >= 15 is 0 Å². The van der Waals surface area contributed by atoms with E-state index in [0.29, 0.717) is 21.2 Å². The van der Waals surface area contributed by atoms with Crippen molar-refractivity contribution in [3.05, 3.63) is 68.4 Å². The van der Waals surface area contributed by atoms with Gasteiger partial charge in [0, 0.05) is 16.5 Å². The molecule has 0 aliphatic carbocycles. The van der Waals surface area contributed by atoms with Gasteiger partial charge in [-0.25, -0.2) is 4.39 Å². The van der Waals surface area contributed by atoms with Crippen molar-refractivity contribution in [3.63, 3.8) is 0 Å². The molecule has 1 fully saturated rings. The lowest BCUT2D eigenvalue weighted by molar-refractivity contribution is -0.149. The van der Waals surface area contributed by atoms with Crippen molar-refractivity contribution in [1.29, 1.82) is 0 Å². The zero-order valence-electron chi connectivity index (χ0n) is 20.1. The number of aromatic nitrogens is 1. The molecular weight excluding hydrogens is 553 g/mol. The summed E-state index contributed by atoms with van der Waals surface area (Å²) in [5, 5.41) is 11.3. The average molecular weight is 574 g/mol. The first kappa shape index (κ1) is 26.4. The highest BCUT2D eigenvalue weighted by Crippen LogP contribution is 2.53. The highest BCUT2D eigenvalue weighted by Gasteiger charge is 2.56. The van der Waals surface area contributed by atoms with E-state index < -0.39 is 53.1 Å². The summed E-state index contributed by atoms with van der Waals surface area (Å²) in [4.78, 5) is 65.7. The third-order valence-corrected chi connectivity index (χ3v) is 8.64. The van der Waals surface area contributed by atoms with E-state index in [1.807, 2.05) is 0 Å². The summed E-state index contributed by atoms with van der Waals surface area (Å²) in [5.74, 6) is -4.70. The second-order valence-corrected chi connectivity index (χ2v) is 10.8. The molecule has 3 heterocycles. The van der Waals surface area contributed by atoms with Crippen LogP contribution in [-0.2, 0) is 19.2 Å². The lowest BCUT2D eigenvalue weighted by atomic mass is 9.83. The summed E-state index contributed by atoms with van der Waals surface area (Å²) in [6.45, 7) is -1.13. The van der Waals surface area contributed by atoms with Gasteiger partial charge in [0.05, 0.1) is 18.1 Å². The van der Waals surface area contributed by atoms with Gasteiger partial charge in [0.25, 0.3) is 5.91 Å². The molecule has 1 saturated heterocycles. The van der Waals surface area contributed by atoms with Gasteiger partial charge < -0.3 is 24.9 Å². The summed E-state index contributed by atoms with van der Waals surface area (Å²) < 4.78 is 24.2. The molecule has 5 rings (SSSR count). The van der Waals surface area contributed by atoms with Crippen molar-refractivity contribution in [1.82, 2.24) is 9.88 Å². The van der Waals surface area contributed by atoms with Crippen molar-refractivity contribution in [2.24, 2.45) is 5.92 Å². The summed E-state index contributed by atoms with van der Waals surface area (Å²) in [5.41, 5.74) is 0.936. The van der Waals surface area contributed by atoms with E-state index in [4.69, 9.17) is 9.47 Å². The van der Waals surface area contributed by atoms with Crippen LogP contribution in [0.1, 0.15) is 16.4 Å². The molecule has 0 radical (unpaired) electrons. The van der Waals surface area contributed by atoms with Crippen molar-refractivity contribution in [2.45, 2.75) is 16.2 Å². The van der Waals surface area contributed by atoms with E-state index in [-0.39, 0.29) is 23.0 Å². The second kappa shape index (κ2) is 10.5. The number of anilines is 1. The Balaban J connectivity index is 1.42. The normalized spacial score (nSPS) is 19.8. The number of H-pyrrole nitrogens is 1. The Bertz CT molecular complexity index is 1540. The maximum Gasteiger partial charge on any atom is 0.323 e. The first-order valence-corrected chi connectivity index (χ1v) is 13.2. The molecule has 3 aromatic rings. The first-order valence-electron chi connectivity index (χ1n) is 11.5. The minimum Gasteiger partial charge on any atom is -0.493 e. The minimum absolute atomic E-state index is 0.223. The molecule has 14 heteroatoms. The number of thioether (sulfide) groups is 1. The monoisotopic (exact) mass is 573 g/mol. The third-order valence-electron chi connectivity index (χ3n) is 6.24. The molecule has 3 atom stereocenters. The van der Waals surface area contributed by atoms with E-state index in [9.17, 15) is 33.5 Å². The van der Waals surface area contributed by atoms with Crippen LogP contribution in [-0.4, -0.2) is 64.2 Å². The van der Waals surface area contributed by atoms with Gasteiger partial charge in [-0.3, -0.25) is 28.9 Å². The summed E-state index contributed by atoms with van der Waals surface area (Å²) in [6.07, 6.45) is 0. The van der Waals surface area contributed by atoms with Gasteiger partial charge in [-0.15, -0.1) is 0 Å². The Kier molecular flexibility index (Phi) is 7.14. The number of likely N-dealkylation sites (tertiary alicyclic amines) is 1. The van der Waals surface area contributed by atoms with Crippen molar-refractivity contribution < 1.29 is 38.1 Å².